The van der Waals surface area contributed by atoms with E-state index in [1.807, 2.05) is 49.2 Å². The zero-order chi connectivity index (χ0) is 15.7. The molecule has 114 valence electrons. The monoisotopic (exact) mass is 298 g/mol. The quantitative estimate of drug-likeness (QED) is 0.800. The molecule has 0 saturated heterocycles. The minimum Gasteiger partial charge on any atom is -0.338 e. The van der Waals surface area contributed by atoms with Crippen LogP contribution in [0.4, 0.5) is 0 Å². The molecule has 0 spiro atoms. The van der Waals surface area contributed by atoms with Crippen LogP contribution < -0.4 is 5.56 Å². The van der Waals surface area contributed by atoms with Crippen LogP contribution in [0.3, 0.4) is 0 Å². The van der Waals surface area contributed by atoms with Crippen molar-refractivity contribution in [2.24, 2.45) is 0 Å². The normalized spacial score (nSPS) is 12.9. The predicted molar refractivity (Wildman–Crippen MR) is 83.5 cm³/mol. The van der Waals surface area contributed by atoms with Gasteiger partial charge in [0.2, 0.25) is 5.89 Å². The molecule has 3 aromatic rings. The summed E-state index contributed by atoms with van der Waals surface area (Å²) in [7, 11) is 1.93. The van der Waals surface area contributed by atoms with Crippen molar-refractivity contribution in [2.45, 2.75) is 26.4 Å². The minimum absolute atomic E-state index is 0.0629. The molecule has 1 aromatic carbocycles. The SMILES string of the molecule is Cc1noc(C(C)N(C)Cc2cc3ccccc3[nH]c2=O)n1. The lowest BCUT2D eigenvalue weighted by atomic mass is 10.1. The van der Waals surface area contributed by atoms with Gasteiger partial charge in [-0.2, -0.15) is 4.98 Å². The summed E-state index contributed by atoms with van der Waals surface area (Å²) >= 11 is 0. The zero-order valence-electron chi connectivity index (χ0n) is 12.8. The summed E-state index contributed by atoms with van der Waals surface area (Å²) in [6, 6.07) is 9.61. The number of hydrogen-bond acceptors (Lipinski definition) is 5. The molecule has 0 bridgehead atoms. The summed E-state index contributed by atoms with van der Waals surface area (Å²) in [5, 5.41) is 4.83. The van der Waals surface area contributed by atoms with Crippen molar-refractivity contribution >= 4 is 10.9 Å². The molecule has 0 aliphatic heterocycles. The first-order valence-corrected chi connectivity index (χ1v) is 7.16. The van der Waals surface area contributed by atoms with Crippen molar-refractivity contribution in [3.8, 4) is 0 Å². The summed E-state index contributed by atoms with van der Waals surface area (Å²) in [6.45, 7) is 4.26. The van der Waals surface area contributed by atoms with Gasteiger partial charge in [-0.15, -0.1) is 0 Å². The number of rotatable bonds is 4. The van der Waals surface area contributed by atoms with Gasteiger partial charge < -0.3 is 9.51 Å². The number of aryl methyl sites for hydroxylation is 1. The minimum atomic E-state index is -0.0699. The third-order valence-electron chi connectivity index (χ3n) is 3.81. The highest BCUT2D eigenvalue weighted by Gasteiger charge is 2.19. The second-order valence-corrected chi connectivity index (χ2v) is 5.48. The topological polar surface area (TPSA) is 75.0 Å². The van der Waals surface area contributed by atoms with E-state index in [0.717, 1.165) is 10.9 Å². The summed E-state index contributed by atoms with van der Waals surface area (Å²) < 4.78 is 5.20. The molecule has 0 aliphatic carbocycles. The molecular formula is C16H18N4O2. The molecule has 2 heterocycles. The number of aromatic amines is 1. The maximum absolute atomic E-state index is 12.2. The molecule has 0 radical (unpaired) electrons. The van der Waals surface area contributed by atoms with Gasteiger partial charge in [0.15, 0.2) is 5.82 Å². The van der Waals surface area contributed by atoms with Crippen LogP contribution in [0, 0.1) is 6.92 Å². The Kier molecular flexibility index (Phi) is 3.77. The summed E-state index contributed by atoms with van der Waals surface area (Å²) in [5.41, 5.74) is 1.49. The van der Waals surface area contributed by atoms with Gasteiger partial charge in [-0.25, -0.2) is 0 Å². The average molecular weight is 298 g/mol. The second kappa shape index (κ2) is 5.73. The number of fused-ring (bicyclic) bond motifs is 1. The van der Waals surface area contributed by atoms with Crippen LogP contribution in [-0.2, 0) is 6.54 Å². The van der Waals surface area contributed by atoms with E-state index < -0.39 is 0 Å². The maximum atomic E-state index is 12.2. The number of H-pyrrole nitrogens is 1. The van der Waals surface area contributed by atoms with Crippen LogP contribution in [0.1, 0.15) is 30.2 Å². The summed E-state index contributed by atoms with van der Waals surface area (Å²) in [6.07, 6.45) is 0. The summed E-state index contributed by atoms with van der Waals surface area (Å²) in [4.78, 5) is 21.4. The van der Waals surface area contributed by atoms with Crippen molar-refractivity contribution in [3.05, 3.63) is 58.0 Å². The fourth-order valence-electron chi connectivity index (χ4n) is 2.39. The van der Waals surface area contributed by atoms with Crippen molar-refractivity contribution in [1.29, 1.82) is 0 Å². The molecule has 0 aliphatic rings. The third kappa shape index (κ3) is 2.78. The number of benzene rings is 1. The van der Waals surface area contributed by atoms with Crippen molar-refractivity contribution in [3.63, 3.8) is 0 Å². The molecule has 0 saturated carbocycles. The van der Waals surface area contributed by atoms with Gasteiger partial charge >= 0.3 is 0 Å². The lowest BCUT2D eigenvalue weighted by Crippen LogP contribution is -2.26. The van der Waals surface area contributed by atoms with Gasteiger partial charge in [-0.3, -0.25) is 9.69 Å². The zero-order valence-corrected chi connectivity index (χ0v) is 12.8. The van der Waals surface area contributed by atoms with Crippen molar-refractivity contribution < 1.29 is 4.52 Å². The lowest BCUT2D eigenvalue weighted by molar-refractivity contribution is 0.202. The number of pyridine rings is 1. The highest BCUT2D eigenvalue weighted by molar-refractivity contribution is 5.78. The van der Waals surface area contributed by atoms with E-state index >= 15 is 0 Å². The Labute approximate surface area is 127 Å². The number of aromatic nitrogens is 3. The Morgan fingerprint density at radius 1 is 1.36 bits per heavy atom. The van der Waals surface area contributed by atoms with Crippen LogP contribution in [0.2, 0.25) is 0 Å². The molecule has 3 rings (SSSR count). The second-order valence-electron chi connectivity index (χ2n) is 5.48. The number of nitrogens with one attached hydrogen (secondary N) is 1. The van der Waals surface area contributed by atoms with Crippen LogP contribution in [-0.4, -0.2) is 27.1 Å². The molecule has 0 amide bonds. The smallest absolute Gasteiger partial charge is 0.252 e. The van der Waals surface area contributed by atoms with Crippen LogP contribution in [0.25, 0.3) is 10.9 Å². The Morgan fingerprint density at radius 2 is 2.14 bits per heavy atom. The van der Waals surface area contributed by atoms with Gasteiger partial charge in [0, 0.05) is 17.6 Å². The standard InChI is InChI=1S/C16H18N4O2/c1-10(16-17-11(2)19-22-16)20(3)9-13-8-12-6-4-5-7-14(12)18-15(13)21/h4-8,10H,9H2,1-3H3,(H,18,21). The molecule has 2 aromatic heterocycles. The number of nitrogens with zero attached hydrogens (tertiary/aromatic N) is 3. The summed E-state index contributed by atoms with van der Waals surface area (Å²) in [5.74, 6) is 1.16. The van der Waals surface area contributed by atoms with Crippen LogP contribution in [0.5, 0.6) is 0 Å². The van der Waals surface area contributed by atoms with Crippen molar-refractivity contribution in [2.75, 3.05) is 7.05 Å². The van der Waals surface area contributed by atoms with E-state index in [1.54, 1.807) is 6.92 Å². The Bertz CT molecular complexity index is 852. The Balaban J connectivity index is 1.86. The fourth-order valence-corrected chi connectivity index (χ4v) is 2.39. The predicted octanol–water partition coefficient (Wildman–Crippen LogP) is 2.41. The van der Waals surface area contributed by atoms with Gasteiger partial charge in [0.05, 0.1) is 6.04 Å². The molecular weight excluding hydrogens is 280 g/mol. The van der Waals surface area contributed by atoms with Gasteiger partial charge in [0.25, 0.3) is 5.56 Å². The van der Waals surface area contributed by atoms with Crippen molar-refractivity contribution in [1.82, 2.24) is 20.0 Å². The van der Waals surface area contributed by atoms with Gasteiger partial charge in [-0.05, 0) is 38.4 Å². The first-order valence-electron chi connectivity index (χ1n) is 7.16. The van der Waals surface area contributed by atoms with Gasteiger partial charge in [-0.1, -0.05) is 23.4 Å². The molecule has 1 atom stereocenters. The number of hydrogen-bond donors (Lipinski definition) is 1. The van der Waals surface area contributed by atoms with Crippen LogP contribution in [0.15, 0.2) is 39.6 Å². The molecule has 1 N–H and O–H groups in total. The molecule has 22 heavy (non-hydrogen) atoms. The first kappa shape index (κ1) is 14.5. The highest BCUT2D eigenvalue weighted by atomic mass is 16.5. The number of para-hydroxylation sites is 1. The van der Waals surface area contributed by atoms with E-state index in [1.165, 1.54) is 0 Å². The third-order valence-corrected chi connectivity index (χ3v) is 3.81. The van der Waals surface area contributed by atoms with Crippen LogP contribution >= 0.6 is 0 Å². The lowest BCUT2D eigenvalue weighted by Gasteiger charge is -2.21. The van der Waals surface area contributed by atoms with E-state index in [-0.39, 0.29) is 11.6 Å². The molecule has 6 heteroatoms. The van der Waals surface area contributed by atoms with Gasteiger partial charge in [0.1, 0.15) is 0 Å². The Morgan fingerprint density at radius 3 is 2.86 bits per heavy atom. The average Bonchev–Trinajstić information content (AvgIpc) is 2.93. The largest absolute Gasteiger partial charge is 0.338 e. The molecule has 6 nitrogen and oxygen atoms in total. The van der Waals surface area contributed by atoms with E-state index in [2.05, 4.69) is 15.1 Å². The molecule has 1 unspecified atom stereocenters. The van der Waals surface area contributed by atoms with E-state index in [4.69, 9.17) is 4.52 Å². The van der Waals surface area contributed by atoms with E-state index in [0.29, 0.717) is 23.8 Å². The van der Waals surface area contributed by atoms with E-state index in [9.17, 15) is 4.79 Å². The fraction of sp³-hybridized carbons (Fsp3) is 0.312. The molecule has 0 fully saturated rings. The Hall–Kier alpha value is -2.47. The first-order chi connectivity index (χ1) is 10.5. The maximum Gasteiger partial charge on any atom is 0.252 e. The highest BCUT2D eigenvalue weighted by Crippen LogP contribution is 2.19.